The highest BCUT2D eigenvalue weighted by atomic mass is 32.2. The Morgan fingerprint density at radius 2 is 1.80 bits per heavy atom. The van der Waals surface area contributed by atoms with Crippen molar-refractivity contribution in [1.29, 1.82) is 0 Å². The zero-order valence-corrected chi connectivity index (χ0v) is 18.1. The Hall–Kier alpha value is -2.65. The molecular formula is C21H22N4O3S2. The number of carbonyl (C=O) groups excluding carboxylic acids is 1. The lowest BCUT2D eigenvalue weighted by Crippen LogP contribution is -2.10. The molecule has 1 heterocycles. The summed E-state index contributed by atoms with van der Waals surface area (Å²) in [7, 11) is -3.34. The van der Waals surface area contributed by atoms with Gasteiger partial charge in [-0.3, -0.25) is 9.52 Å². The van der Waals surface area contributed by atoms with E-state index in [2.05, 4.69) is 31.6 Å². The summed E-state index contributed by atoms with van der Waals surface area (Å²) in [4.78, 5) is 12.6. The minimum Gasteiger partial charge on any atom is -0.301 e. The maximum atomic E-state index is 12.6. The molecule has 0 amide bonds. The molecule has 156 valence electrons. The maximum Gasteiger partial charge on any atom is 0.229 e. The normalized spacial score (nSPS) is 13.9. The second-order valence-electron chi connectivity index (χ2n) is 7.35. The molecule has 0 spiro atoms. The number of rotatable bonds is 9. The fourth-order valence-electron chi connectivity index (χ4n) is 3.12. The highest BCUT2D eigenvalue weighted by Gasteiger charge is 2.30. The third kappa shape index (κ3) is 5.28. The summed E-state index contributed by atoms with van der Waals surface area (Å²) in [6.45, 7) is 0.683. The first-order valence-electron chi connectivity index (χ1n) is 9.60. The highest BCUT2D eigenvalue weighted by Crippen LogP contribution is 2.40. The number of thioether (sulfide) groups is 1. The van der Waals surface area contributed by atoms with Crippen LogP contribution in [0.1, 0.15) is 40.5 Å². The van der Waals surface area contributed by atoms with E-state index < -0.39 is 10.0 Å². The standard InChI is InChI=1S/C21H22N4O3S2/c1-30(27,28)24-18-11-9-16(10-12-18)19(26)14-29-21-23-22-20(17-7-8-17)25(21)13-15-5-3-2-4-6-15/h2-6,9-12,17,24H,7-8,13-14H2,1H3. The molecule has 1 saturated carbocycles. The van der Waals surface area contributed by atoms with Gasteiger partial charge in [0, 0.05) is 17.2 Å². The van der Waals surface area contributed by atoms with Crippen molar-refractivity contribution >= 4 is 33.3 Å². The minimum atomic E-state index is -3.34. The van der Waals surface area contributed by atoms with Crippen LogP contribution in [0.3, 0.4) is 0 Å². The Kier molecular flexibility index (Phi) is 5.92. The van der Waals surface area contributed by atoms with Gasteiger partial charge in [0.15, 0.2) is 10.9 Å². The second kappa shape index (κ2) is 8.61. The number of Topliss-reactive ketones (excluding diaryl/α,β-unsaturated/α-hetero) is 1. The molecule has 1 aromatic heterocycles. The number of nitrogens with one attached hydrogen (secondary N) is 1. The van der Waals surface area contributed by atoms with Gasteiger partial charge in [-0.15, -0.1) is 10.2 Å². The Morgan fingerprint density at radius 3 is 2.43 bits per heavy atom. The van der Waals surface area contributed by atoms with Gasteiger partial charge in [0.1, 0.15) is 5.82 Å². The van der Waals surface area contributed by atoms with Crippen LogP contribution in [0.2, 0.25) is 0 Å². The Bertz CT molecular complexity index is 1140. The van der Waals surface area contributed by atoms with Crippen LogP contribution in [0, 0.1) is 0 Å². The lowest BCUT2D eigenvalue weighted by Gasteiger charge is -2.10. The lowest BCUT2D eigenvalue weighted by molar-refractivity contribution is 0.102. The average molecular weight is 443 g/mol. The van der Waals surface area contributed by atoms with Crippen LogP contribution in [-0.4, -0.2) is 41.0 Å². The summed E-state index contributed by atoms with van der Waals surface area (Å²) in [6.07, 6.45) is 3.35. The van der Waals surface area contributed by atoms with Gasteiger partial charge < -0.3 is 4.57 Å². The second-order valence-corrected chi connectivity index (χ2v) is 10.0. The summed E-state index contributed by atoms with van der Waals surface area (Å²) in [5, 5.41) is 9.47. The number of anilines is 1. The molecule has 0 saturated heterocycles. The van der Waals surface area contributed by atoms with Crippen LogP contribution >= 0.6 is 11.8 Å². The Labute approximate surface area is 180 Å². The predicted molar refractivity (Wildman–Crippen MR) is 118 cm³/mol. The van der Waals surface area contributed by atoms with Crippen molar-refractivity contribution < 1.29 is 13.2 Å². The number of nitrogens with zero attached hydrogens (tertiary/aromatic N) is 3. The van der Waals surface area contributed by atoms with Crippen LogP contribution in [0.25, 0.3) is 0 Å². The molecule has 9 heteroatoms. The number of aromatic nitrogens is 3. The van der Waals surface area contributed by atoms with E-state index in [1.165, 1.54) is 17.3 Å². The molecule has 0 atom stereocenters. The zero-order chi connectivity index (χ0) is 21.1. The molecular weight excluding hydrogens is 420 g/mol. The van der Waals surface area contributed by atoms with E-state index in [1.54, 1.807) is 24.3 Å². The van der Waals surface area contributed by atoms with Crippen molar-refractivity contribution in [3.05, 3.63) is 71.5 Å². The van der Waals surface area contributed by atoms with Crippen molar-refractivity contribution in [3.8, 4) is 0 Å². The first-order valence-corrected chi connectivity index (χ1v) is 12.5. The van der Waals surface area contributed by atoms with Gasteiger partial charge in [-0.05, 0) is 42.7 Å². The van der Waals surface area contributed by atoms with Crippen molar-refractivity contribution in [3.63, 3.8) is 0 Å². The number of carbonyl (C=O) groups is 1. The predicted octanol–water partition coefficient (Wildman–Crippen LogP) is 3.55. The summed E-state index contributed by atoms with van der Waals surface area (Å²) < 4.78 is 27.1. The van der Waals surface area contributed by atoms with Gasteiger partial charge in [-0.1, -0.05) is 42.1 Å². The average Bonchev–Trinajstić information content (AvgIpc) is 3.48. The van der Waals surface area contributed by atoms with E-state index >= 15 is 0 Å². The van der Waals surface area contributed by atoms with E-state index in [4.69, 9.17) is 0 Å². The van der Waals surface area contributed by atoms with Crippen LogP contribution in [-0.2, 0) is 16.6 Å². The SMILES string of the molecule is CS(=O)(=O)Nc1ccc(C(=O)CSc2nnc(C3CC3)n2Cc2ccccc2)cc1. The van der Waals surface area contributed by atoms with E-state index in [9.17, 15) is 13.2 Å². The molecule has 0 bridgehead atoms. The van der Waals surface area contributed by atoms with Crippen molar-refractivity contribution in [2.45, 2.75) is 30.5 Å². The highest BCUT2D eigenvalue weighted by molar-refractivity contribution is 7.99. The van der Waals surface area contributed by atoms with E-state index in [1.807, 2.05) is 18.2 Å². The van der Waals surface area contributed by atoms with Crippen molar-refractivity contribution in [2.24, 2.45) is 0 Å². The van der Waals surface area contributed by atoms with E-state index in [-0.39, 0.29) is 11.5 Å². The number of hydrogen-bond donors (Lipinski definition) is 1. The first kappa shape index (κ1) is 20.6. The van der Waals surface area contributed by atoms with Gasteiger partial charge in [0.25, 0.3) is 0 Å². The van der Waals surface area contributed by atoms with Crippen LogP contribution in [0.15, 0.2) is 59.8 Å². The molecule has 1 aliphatic carbocycles. The smallest absolute Gasteiger partial charge is 0.229 e. The summed E-state index contributed by atoms with van der Waals surface area (Å²) in [5.74, 6) is 1.63. The molecule has 0 radical (unpaired) electrons. The first-order chi connectivity index (χ1) is 14.4. The summed E-state index contributed by atoms with van der Waals surface area (Å²) in [5.41, 5.74) is 2.12. The topological polar surface area (TPSA) is 93.9 Å². The fraction of sp³-hybridized carbons (Fsp3) is 0.286. The Morgan fingerprint density at radius 1 is 1.10 bits per heavy atom. The molecule has 1 aliphatic rings. The number of sulfonamides is 1. The van der Waals surface area contributed by atoms with Crippen LogP contribution < -0.4 is 4.72 Å². The number of ketones is 1. The molecule has 3 aromatic rings. The van der Waals surface area contributed by atoms with Gasteiger partial charge in [-0.2, -0.15) is 0 Å². The molecule has 7 nitrogen and oxygen atoms in total. The largest absolute Gasteiger partial charge is 0.301 e. The summed E-state index contributed by atoms with van der Waals surface area (Å²) in [6, 6.07) is 16.6. The van der Waals surface area contributed by atoms with E-state index in [0.29, 0.717) is 23.7 Å². The molecule has 0 aliphatic heterocycles. The molecule has 4 rings (SSSR count). The fourth-order valence-corrected chi connectivity index (χ4v) is 4.52. The quantitative estimate of drug-likeness (QED) is 0.402. The number of hydrogen-bond acceptors (Lipinski definition) is 6. The zero-order valence-electron chi connectivity index (χ0n) is 16.5. The lowest BCUT2D eigenvalue weighted by atomic mass is 10.1. The van der Waals surface area contributed by atoms with Gasteiger partial charge in [-0.25, -0.2) is 8.42 Å². The minimum absolute atomic E-state index is 0.0480. The van der Waals surface area contributed by atoms with Gasteiger partial charge in [0.2, 0.25) is 10.0 Å². The van der Waals surface area contributed by atoms with Crippen LogP contribution in [0.5, 0.6) is 0 Å². The molecule has 30 heavy (non-hydrogen) atoms. The Balaban J connectivity index is 1.45. The maximum absolute atomic E-state index is 12.6. The number of benzene rings is 2. The van der Waals surface area contributed by atoms with Crippen molar-refractivity contribution in [1.82, 2.24) is 14.8 Å². The van der Waals surface area contributed by atoms with Crippen LogP contribution in [0.4, 0.5) is 5.69 Å². The van der Waals surface area contributed by atoms with Gasteiger partial charge >= 0.3 is 0 Å². The van der Waals surface area contributed by atoms with E-state index in [0.717, 1.165) is 30.1 Å². The molecule has 0 unspecified atom stereocenters. The molecule has 2 aromatic carbocycles. The molecule has 1 fully saturated rings. The third-order valence-electron chi connectivity index (χ3n) is 4.71. The monoisotopic (exact) mass is 442 g/mol. The van der Waals surface area contributed by atoms with Crippen molar-refractivity contribution in [2.75, 3.05) is 16.7 Å². The third-order valence-corrected chi connectivity index (χ3v) is 6.29. The van der Waals surface area contributed by atoms with Gasteiger partial charge in [0.05, 0.1) is 18.6 Å². The molecule has 1 N–H and O–H groups in total. The summed E-state index contributed by atoms with van der Waals surface area (Å²) >= 11 is 1.38.